The molecule has 0 aliphatic carbocycles. The smallest absolute Gasteiger partial charge is 0.155 e. The average Bonchev–Trinajstić information content (AvgIpc) is 3.04. The fraction of sp³-hybridized carbons (Fsp3) is 0.158. The summed E-state index contributed by atoms with van der Waals surface area (Å²) in [5.74, 6) is 0. The molecular weight excluding hydrogens is 320 g/mol. The third-order valence-electron chi connectivity index (χ3n) is 4.21. The summed E-state index contributed by atoms with van der Waals surface area (Å²) in [4.78, 5) is 6.95. The molecule has 2 aromatic heterocycles. The van der Waals surface area contributed by atoms with Crippen LogP contribution < -0.4 is 0 Å². The van der Waals surface area contributed by atoms with Crippen LogP contribution in [0, 0.1) is 6.92 Å². The fourth-order valence-electron chi connectivity index (χ4n) is 3.05. The first-order chi connectivity index (χ1) is 11.6. The topological polar surface area (TPSA) is 33.4 Å². The first-order valence-electron chi connectivity index (χ1n) is 7.83. The average molecular weight is 337 g/mol. The number of likely N-dealkylation sites (N-methyl/N-ethyl adjacent to an activating group) is 1. The molecule has 0 radical (unpaired) electrons. The maximum absolute atomic E-state index is 6.51. The summed E-state index contributed by atoms with van der Waals surface area (Å²) in [6.45, 7) is 2.92. The largest absolute Gasteiger partial charge is 0.370 e. The van der Waals surface area contributed by atoms with E-state index in [1.165, 1.54) is 5.56 Å². The minimum absolute atomic E-state index is 0.751. The van der Waals surface area contributed by atoms with E-state index in [1.807, 2.05) is 30.5 Å². The van der Waals surface area contributed by atoms with Crippen molar-refractivity contribution < 1.29 is 0 Å². The number of fused-ring (bicyclic) bond motifs is 1. The van der Waals surface area contributed by atoms with Crippen molar-refractivity contribution in [1.82, 2.24) is 19.5 Å². The molecule has 0 spiro atoms. The van der Waals surface area contributed by atoms with Crippen LogP contribution in [0.5, 0.6) is 0 Å². The molecule has 0 unspecified atom stereocenters. The molecule has 0 N–H and O–H groups in total. The van der Waals surface area contributed by atoms with Gasteiger partial charge in [0.2, 0.25) is 0 Å². The third kappa shape index (κ3) is 2.49. The summed E-state index contributed by atoms with van der Waals surface area (Å²) in [6, 6.07) is 10.0. The van der Waals surface area contributed by atoms with E-state index in [-0.39, 0.29) is 0 Å². The zero-order valence-electron chi connectivity index (χ0n) is 13.6. The lowest BCUT2D eigenvalue weighted by Crippen LogP contribution is -2.21. The van der Waals surface area contributed by atoms with E-state index in [0.717, 1.165) is 39.7 Å². The van der Waals surface area contributed by atoms with Gasteiger partial charge in [-0.3, -0.25) is 0 Å². The zero-order valence-corrected chi connectivity index (χ0v) is 14.3. The Morgan fingerprint density at radius 3 is 2.92 bits per heavy atom. The van der Waals surface area contributed by atoms with E-state index in [9.17, 15) is 0 Å². The van der Waals surface area contributed by atoms with Gasteiger partial charge in [-0.1, -0.05) is 35.4 Å². The van der Waals surface area contributed by atoms with Crippen LogP contribution >= 0.6 is 11.6 Å². The van der Waals surface area contributed by atoms with E-state index in [4.69, 9.17) is 16.6 Å². The Labute approximate surface area is 145 Å². The molecule has 24 heavy (non-hydrogen) atoms. The Morgan fingerprint density at radius 2 is 2.04 bits per heavy atom. The van der Waals surface area contributed by atoms with Crippen LogP contribution in [-0.2, 0) is 0 Å². The van der Waals surface area contributed by atoms with Crippen molar-refractivity contribution >= 4 is 28.5 Å². The predicted molar refractivity (Wildman–Crippen MR) is 97.8 cm³/mol. The normalized spacial score (nSPS) is 14.7. The van der Waals surface area contributed by atoms with Crippen molar-refractivity contribution in [1.29, 1.82) is 0 Å². The lowest BCUT2D eigenvalue weighted by Gasteiger charge is -2.28. The van der Waals surface area contributed by atoms with Gasteiger partial charge in [0, 0.05) is 42.0 Å². The molecule has 1 aliphatic rings. The highest BCUT2D eigenvalue weighted by atomic mass is 35.5. The van der Waals surface area contributed by atoms with Crippen molar-refractivity contribution in [2.75, 3.05) is 13.6 Å². The van der Waals surface area contributed by atoms with Crippen LogP contribution in [0.15, 0.2) is 54.9 Å². The Bertz CT molecular complexity index is 984. The molecule has 0 bridgehead atoms. The number of allylic oxidation sites excluding steroid dienone is 2. The highest BCUT2D eigenvalue weighted by Gasteiger charge is 2.20. The van der Waals surface area contributed by atoms with Crippen molar-refractivity contribution in [3.63, 3.8) is 0 Å². The molecule has 3 aromatic rings. The molecule has 0 amide bonds. The summed E-state index contributed by atoms with van der Waals surface area (Å²) < 4.78 is 1.76. The number of rotatable bonds is 2. The van der Waals surface area contributed by atoms with Crippen LogP contribution in [0.1, 0.15) is 16.8 Å². The molecule has 3 heterocycles. The molecule has 1 aliphatic heterocycles. The fourth-order valence-corrected chi connectivity index (χ4v) is 3.25. The summed E-state index contributed by atoms with van der Waals surface area (Å²) in [5, 5.41) is 4.96. The number of aromatic nitrogens is 3. The Morgan fingerprint density at radius 1 is 1.17 bits per heavy atom. The van der Waals surface area contributed by atoms with Gasteiger partial charge in [-0.15, -0.1) is 0 Å². The quantitative estimate of drug-likeness (QED) is 0.707. The molecule has 0 saturated heterocycles. The van der Waals surface area contributed by atoms with Crippen LogP contribution in [0.3, 0.4) is 0 Å². The summed E-state index contributed by atoms with van der Waals surface area (Å²) in [7, 11) is 2.08. The van der Waals surface area contributed by atoms with Gasteiger partial charge in [0.15, 0.2) is 5.65 Å². The predicted octanol–water partition coefficient (Wildman–Crippen LogP) is 4.06. The molecular formula is C19H17ClN4. The van der Waals surface area contributed by atoms with Gasteiger partial charge in [-0.05, 0) is 25.1 Å². The lowest BCUT2D eigenvalue weighted by molar-refractivity contribution is 0.533. The number of aryl methyl sites for hydroxylation is 1. The maximum Gasteiger partial charge on any atom is 0.155 e. The monoisotopic (exact) mass is 336 g/mol. The van der Waals surface area contributed by atoms with Gasteiger partial charge >= 0.3 is 0 Å². The first kappa shape index (κ1) is 15.0. The van der Waals surface area contributed by atoms with E-state index < -0.39 is 0 Å². The van der Waals surface area contributed by atoms with Crippen LogP contribution in [0.2, 0.25) is 5.02 Å². The van der Waals surface area contributed by atoms with Crippen LogP contribution in [0.25, 0.3) is 16.9 Å². The Hall–Kier alpha value is -2.59. The van der Waals surface area contributed by atoms with Gasteiger partial charge in [-0.2, -0.15) is 5.10 Å². The molecule has 0 atom stereocenters. The van der Waals surface area contributed by atoms with Crippen molar-refractivity contribution in [3.05, 3.63) is 76.7 Å². The highest BCUT2D eigenvalue weighted by molar-refractivity contribution is 6.32. The number of hydrogen-bond acceptors (Lipinski definition) is 3. The third-order valence-corrected chi connectivity index (χ3v) is 4.54. The standard InChI is InChI=1S/C19H17ClN4/c1-13-5-6-16(20)15(12-13)19-14(4-3-10-23(19)2)17-8-11-24-18(22-17)7-9-21-24/h3-9,11-12H,10H2,1-2H3. The maximum atomic E-state index is 6.51. The van der Waals surface area contributed by atoms with Gasteiger partial charge in [0.25, 0.3) is 0 Å². The minimum atomic E-state index is 0.751. The van der Waals surface area contributed by atoms with Crippen LogP contribution in [0.4, 0.5) is 0 Å². The second-order valence-electron chi connectivity index (χ2n) is 5.98. The van der Waals surface area contributed by atoms with Crippen molar-refractivity contribution in [3.8, 4) is 0 Å². The SMILES string of the molecule is Cc1ccc(Cl)c(C2=C(c3ccn4nccc4n3)C=CCN2C)c1. The van der Waals surface area contributed by atoms with E-state index in [1.54, 1.807) is 10.7 Å². The lowest BCUT2D eigenvalue weighted by atomic mass is 9.98. The summed E-state index contributed by atoms with van der Waals surface area (Å²) >= 11 is 6.51. The van der Waals surface area contributed by atoms with Gasteiger partial charge < -0.3 is 4.90 Å². The van der Waals surface area contributed by atoms with E-state index in [2.05, 4.69) is 42.2 Å². The molecule has 1 aromatic carbocycles. The van der Waals surface area contributed by atoms with Gasteiger partial charge in [-0.25, -0.2) is 9.50 Å². The number of halogens is 1. The molecule has 4 rings (SSSR count). The van der Waals surface area contributed by atoms with Crippen molar-refractivity contribution in [2.24, 2.45) is 0 Å². The Kier molecular flexibility index (Phi) is 3.62. The van der Waals surface area contributed by atoms with Gasteiger partial charge in [0.05, 0.1) is 17.6 Å². The van der Waals surface area contributed by atoms with E-state index in [0.29, 0.717) is 0 Å². The summed E-state index contributed by atoms with van der Waals surface area (Å²) in [5.41, 5.74) is 6.13. The minimum Gasteiger partial charge on any atom is -0.370 e. The number of hydrogen-bond donors (Lipinski definition) is 0. The van der Waals surface area contributed by atoms with Gasteiger partial charge in [0.1, 0.15) is 0 Å². The molecule has 0 fully saturated rings. The molecule has 4 nitrogen and oxygen atoms in total. The molecule has 0 saturated carbocycles. The first-order valence-corrected chi connectivity index (χ1v) is 8.20. The van der Waals surface area contributed by atoms with Crippen LogP contribution in [-0.4, -0.2) is 33.1 Å². The second-order valence-corrected chi connectivity index (χ2v) is 6.38. The second kappa shape index (κ2) is 5.80. The zero-order chi connectivity index (χ0) is 16.7. The highest BCUT2D eigenvalue weighted by Crippen LogP contribution is 2.35. The van der Waals surface area contributed by atoms with Crippen molar-refractivity contribution in [2.45, 2.75) is 6.92 Å². The van der Waals surface area contributed by atoms with E-state index >= 15 is 0 Å². The molecule has 120 valence electrons. The number of benzene rings is 1. The molecule has 5 heteroatoms. The Balaban J connectivity index is 1.97. The number of nitrogens with zero attached hydrogens (tertiary/aromatic N) is 4. The summed E-state index contributed by atoms with van der Waals surface area (Å²) in [6.07, 6.45) is 7.96.